The number of amidine groups is 1. The van der Waals surface area contributed by atoms with E-state index in [0.29, 0.717) is 37.1 Å². The number of alkyl halides is 3. The molecule has 0 spiro atoms. The molecule has 0 N–H and O–H groups in total. The van der Waals surface area contributed by atoms with Crippen molar-refractivity contribution >= 4 is 5.84 Å². The summed E-state index contributed by atoms with van der Waals surface area (Å²) in [5.74, 6) is 0.659. The molecule has 39 heavy (non-hydrogen) atoms. The highest BCUT2D eigenvalue weighted by Crippen LogP contribution is 2.35. The fourth-order valence-electron chi connectivity index (χ4n) is 4.66. The van der Waals surface area contributed by atoms with Crippen LogP contribution in [0.2, 0.25) is 0 Å². The van der Waals surface area contributed by atoms with Crippen LogP contribution in [0.25, 0.3) is 0 Å². The van der Waals surface area contributed by atoms with E-state index in [0.717, 1.165) is 43.7 Å². The molecule has 1 aliphatic rings. The van der Waals surface area contributed by atoms with E-state index in [9.17, 15) is 13.2 Å². The Morgan fingerprint density at radius 1 is 1.26 bits per heavy atom. The first-order valence-electron chi connectivity index (χ1n) is 13.9. The van der Waals surface area contributed by atoms with Crippen LogP contribution in [0.1, 0.15) is 57.3 Å². The highest BCUT2D eigenvalue weighted by Gasteiger charge is 2.36. The Morgan fingerprint density at radius 2 is 2.00 bits per heavy atom. The molecule has 0 radical (unpaired) electrons. The molecule has 0 aliphatic heterocycles. The molecular formula is C30H47F3N6. The van der Waals surface area contributed by atoms with Crippen molar-refractivity contribution in [2.24, 2.45) is 4.99 Å². The summed E-state index contributed by atoms with van der Waals surface area (Å²) in [4.78, 5) is 17.3. The highest BCUT2D eigenvalue weighted by molar-refractivity contribution is 5.93. The monoisotopic (exact) mass is 548 g/mol. The Bertz CT molecular complexity index is 972. The molecule has 0 aromatic carbocycles. The van der Waals surface area contributed by atoms with E-state index in [2.05, 4.69) is 55.8 Å². The number of aryl methyl sites for hydroxylation is 1. The second-order valence-electron chi connectivity index (χ2n) is 10.6. The molecule has 1 unspecified atom stereocenters. The van der Waals surface area contributed by atoms with Gasteiger partial charge in [-0.2, -0.15) is 13.2 Å². The van der Waals surface area contributed by atoms with E-state index < -0.39 is 18.8 Å². The molecule has 6 nitrogen and oxygen atoms in total. The number of aromatic nitrogens is 1. The number of pyridine rings is 1. The van der Waals surface area contributed by atoms with Crippen LogP contribution in [0, 0.1) is 0 Å². The summed E-state index contributed by atoms with van der Waals surface area (Å²) in [7, 11) is 4.07. The molecule has 0 fully saturated rings. The standard InChI is InChI=1S/C30H47F3N6/c1-8-10-11-17-28(37(7)23-38(9-2)20-19-36(6)24(3)4)35-25(5)21-39(22-30(31,32)33)27-16-12-14-26-15-13-18-34-29(26)27/h8,11,13,15,17-18,24,27H,1,5,9-10,12,14,16,19-23H2,2-4,6-7H3/b17-11-,35-28?. The number of rotatable bonds is 15. The second-order valence-corrected chi connectivity index (χ2v) is 10.6. The van der Waals surface area contributed by atoms with Gasteiger partial charge in [0.1, 0.15) is 5.84 Å². The normalized spacial score (nSPS) is 16.5. The smallest absolute Gasteiger partial charge is 0.347 e. The summed E-state index contributed by atoms with van der Waals surface area (Å²) in [6.45, 7) is 16.6. The Labute approximate surface area is 233 Å². The fourth-order valence-corrected chi connectivity index (χ4v) is 4.66. The van der Waals surface area contributed by atoms with E-state index in [-0.39, 0.29) is 6.54 Å². The lowest BCUT2D eigenvalue weighted by Gasteiger charge is -2.35. The quantitative estimate of drug-likeness (QED) is 0.118. The first kappa shape index (κ1) is 32.7. The lowest BCUT2D eigenvalue weighted by Crippen LogP contribution is -2.43. The van der Waals surface area contributed by atoms with Crippen molar-refractivity contribution in [1.29, 1.82) is 0 Å². The summed E-state index contributed by atoms with van der Waals surface area (Å²) in [5.41, 5.74) is 2.14. The van der Waals surface area contributed by atoms with Crippen molar-refractivity contribution in [2.75, 3.05) is 53.5 Å². The SMILES string of the molecule is C=CC/C=C\C(=NC(=C)CN(CC(F)(F)F)C1CCCc2cccnc21)N(C)CN(CC)CCN(C)C(C)C. The number of likely N-dealkylation sites (N-methyl/N-ethyl adjacent to an activating group) is 3. The third kappa shape index (κ3) is 11.3. The largest absolute Gasteiger partial charge is 0.401 e. The molecule has 1 aromatic heterocycles. The van der Waals surface area contributed by atoms with Gasteiger partial charge < -0.3 is 9.80 Å². The molecule has 1 heterocycles. The van der Waals surface area contributed by atoms with Gasteiger partial charge >= 0.3 is 6.18 Å². The lowest BCUT2D eigenvalue weighted by molar-refractivity contribution is -0.151. The number of fused-ring (bicyclic) bond motifs is 1. The lowest BCUT2D eigenvalue weighted by atomic mass is 9.90. The van der Waals surface area contributed by atoms with Crippen molar-refractivity contribution < 1.29 is 13.2 Å². The minimum absolute atomic E-state index is 0.00348. The highest BCUT2D eigenvalue weighted by atomic mass is 19.4. The number of hydrogen-bond donors (Lipinski definition) is 0. The number of hydrogen-bond acceptors (Lipinski definition) is 5. The summed E-state index contributed by atoms with van der Waals surface area (Å²) >= 11 is 0. The average Bonchev–Trinajstić information content (AvgIpc) is 2.88. The van der Waals surface area contributed by atoms with Gasteiger partial charge in [0, 0.05) is 44.6 Å². The van der Waals surface area contributed by atoms with Gasteiger partial charge in [-0.05, 0) is 70.8 Å². The van der Waals surface area contributed by atoms with E-state index >= 15 is 0 Å². The van der Waals surface area contributed by atoms with Crippen LogP contribution in [0.4, 0.5) is 13.2 Å². The maximum Gasteiger partial charge on any atom is 0.401 e. The minimum Gasteiger partial charge on any atom is -0.347 e. The zero-order valence-electron chi connectivity index (χ0n) is 24.4. The summed E-state index contributed by atoms with van der Waals surface area (Å²) in [6.07, 6.45) is 5.91. The summed E-state index contributed by atoms with van der Waals surface area (Å²) in [5, 5.41) is 0. The fraction of sp³-hybridized carbons (Fsp3) is 0.600. The topological polar surface area (TPSA) is 38.2 Å². The predicted octanol–water partition coefficient (Wildman–Crippen LogP) is 5.92. The second kappa shape index (κ2) is 15.9. The van der Waals surface area contributed by atoms with Crippen LogP contribution in [-0.4, -0.2) is 96.1 Å². The maximum absolute atomic E-state index is 13.7. The summed E-state index contributed by atoms with van der Waals surface area (Å²) < 4.78 is 41.0. The molecule has 1 atom stereocenters. The zero-order valence-corrected chi connectivity index (χ0v) is 24.4. The van der Waals surface area contributed by atoms with Gasteiger partial charge in [0.15, 0.2) is 0 Å². The molecule has 1 aliphatic carbocycles. The molecule has 0 saturated carbocycles. The van der Waals surface area contributed by atoms with Crippen molar-refractivity contribution in [2.45, 2.75) is 64.7 Å². The van der Waals surface area contributed by atoms with Gasteiger partial charge in [-0.1, -0.05) is 31.7 Å². The van der Waals surface area contributed by atoms with Crippen LogP contribution < -0.4 is 0 Å². The van der Waals surface area contributed by atoms with E-state index in [4.69, 9.17) is 4.99 Å². The van der Waals surface area contributed by atoms with Gasteiger partial charge in [-0.25, -0.2) is 4.99 Å². The van der Waals surface area contributed by atoms with Crippen molar-refractivity contribution in [3.05, 3.63) is 66.7 Å². The molecule has 0 saturated heterocycles. The first-order chi connectivity index (χ1) is 18.4. The number of aliphatic imine (C=N–C) groups is 1. The number of halogens is 3. The molecular weight excluding hydrogens is 501 g/mol. The maximum atomic E-state index is 13.7. The molecule has 0 amide bonds. The van der Waals surface area contributed by atoms with Crippen LogP contribution in [-0.2, 0) is 6.42 Å². The van der Waals surface area contributed by atoms with Crippen LogP contribution in [0.3, 0.4) is 0 Å². The van der Waals surface area contributed by atoms with E-state index in [1.165, 1.54) is 4.90 Å². The van der Waals surface area contributed by atoms with Crippen LogP contribution in [0.15, 0.2) is 60.4 Å². The van der Waals surface area contributed by atoms with Crippen molar-refractivity contribution in [3.63, 3.8) is 0 Å². The predicted molar refractivity (Wildman–Crippen MR) is 156 cm³/mol. The first-order valence-corrected chi connectivity index (χ1v) is 13.9. The Kier molecular flexibility index (Phi) is 13.4. The molecule has 2 rings (SSSR count). The third-order valence-electron chi connectivity index (χ3n) is 7.12. The molecule has 218 valence electrons. The molecule has 0 bridgehead atoms. The number of allylic oxidation sites excluding steroid dienone is 2. The van der Waals surface area contributed by atoms with Gasteiger partial charge in [0.25, 0.3) is 0 Å². The Morgan fingerprint density at radius 3 is 2.64 bits per heavy atom. The average molecular weight is 549 g/mol. The van der Waals surface area contributed by atoms with Crippen molar-refractivity contribution in [1.82, 2.24) is 24.6 Å². The Balaban J connectivity index is 2.24. The van der Waals surface area contributed by atoms with Crippen molar-refractivity contribution in [3.8, 4) is 0 Å². The van der Waals surface area contributed by atoms with Gasteiger partial charge in [-0.15, -0.1) is 6.58 Å². The minimum atomic E-state index is -4.34. The van der Waals surface area contributed by atoms with Crippen LogP contribution >= 0.6 is 0 Å². The third-order valence-corrected chi connectivity index (χ3v) is 7.12. The Hall–Kier alpha value is -2.49. The van der Waals surface area contributed by atoms with E-state index in [1.54, 1.807) is 12.3 Å². The van der Waals surface area contributed by atoms with Gasteiger partial charge in [-0.3, -0.25) is 14.8 Å². The van der Waals surface area contributed by atoms with Crippen LogP contribution in [0.5, 0.6) is 0 Å². The number of nitrogens with zero attached hydrogens (tertiary/aromatic N) is 6. The molecule has 1 aromatic rings. The van der Waals surface area contributed by atoms with Gasteiger partial charge in [0.2, 0.25) is 0 Å². The van der Waals surface area contributed by atoms with Gasteiger partial charge in [0.05, 0.1) is 24.9 Å². The molecule has 9 heteroatoms. The summed E-state index contributed by atoms with van der Waals surface area (Å²) in [6, 6.07) is 3.85. The zero-order chi connectivity index (χ0) is 29.0. The van der Waals surface area contributed by atoms with E-state index in [1.807, 2.05) is 36.2 Å².